The Morgan fingerprint density at radius 3 is 2.36 bits per heavy atom. The van der Waals surface area contributed by atoms with E-state index in [1.54, 1.807) is 4.90 Å². The van der Waals surface area contributed by atoms with Crippen LogP contribution in [0.4, 0.5) is 11.6 Å². The quantitative estimate of drug-likeness (QED) is 0.402. The Hall–Kier alpha value is -1.90. The molecule has 200 valence electrons. The number of imidazole rings is 1. The number of rotatable bonds is 9. The van der Waals surface area contributed by atoms with Crippen molar-refractivity contribution in [3.63, 3.8) is 0 Å². The van der Waals surface area contributed by atoms with Gasteiger partial charge in [0.1, 0.15) is 6.61 Å². The van der Waals surface area contributed by atoms with Gasteiger partial charge in [-0.2, -0.15) is 0 Å². The van der Waals surface area contributed by atoms with Crippen LogP contribution in [0.25, 0.3) is 11.0 Å². The van der Waals surface area contributed by atoms with Gasteiger partial charge in [-0.3, -0.25) is 4.79 Å². The fourth-order valence-electron chi connectivity index (χ4n) is 7.26. The van der Waals surface area contributed by atoms with Gasteiger partial charge in [-0.25, -0.2) is 4.98 Å². The summed E-state index contributed by atoms with van der Waals surface area (Å²) in [5.74, 6) is 0.555. The van der Waals surface area contributed by atoms with Gasteiger partial charge < -0.3 is 24.4 Å². The van der Waals surface area contributed by atoms with Gasteiger partial charge >= 0.3 is 0 Å². The van der Waals surface area contributed by atoms with Crippen molar-refractivity contribution < 1.29 is 14.0 Å². The van der Waals surface area contributed by atoms with Crippen molar-refractivity contribution in [2.24, 2.45) is 0 Å². The number of nitrogens with zero attached hydrogens (tertiary/aromatic N) is 3. The summed E-state index contributed by atoms with van der Waals surface area (Å²) in [7, 11) is -1.93. The molecule has 1 aromatic heterocycles. The van der Waals surface area contributed by atoms with Gasteiger partial charge in [-0.05, 0) is 54.1 Å². The van der Waals surface area contributed by atoms with Gasteiger partial charge in [0.05, 0.1) is 23.2 Å². The third kappa shape index (κ3) is 4.84. The molecule has 1 aliphatic carbocycles. The minimum absolute atomic E-state index is 0.0120. The van der Waals surface area contributed by atoms with Crippen LogP contribution in [0.1, 0.15) is 80.1 Å². The number of carbonyl (C=O) groups is 1. The summed E-state index contributed by atoms with van der Waals surface area (Å²) in [6, 6.07) is 6.14. The number of morpholine rings is 1. The number of fused-ring (bicyclic) bond motifs is 1. The molecule has 36 heavy (non-hydrogen) atoms. The van der Waals surface area contributed by atoms with Crippen molar-refractivity contribution in [2.45, 2.75) is 102 Å². The average molecular weight is 515 g/mol. The zero-order valence-corrected chi connectivity index (χ0v) is 24.2. The molecule has 2 aliphatic rings. The lowest BCUT2D eigenvalue weighted by atomic mass is 9.79. The predicted molar refractivity (Wildman–Crippen MR) is 150 cm³/mol. The number of anilines is 2. The Labute approximate surface area is 217 Å². The number of hydrogen-bond acceptors (Lipinski definition) is 5. The van der Waals surface area contributed by atoms with Crippen LogP contribution in [0.15, 0.2) is 18.2 Å². The summed E-state index contributed by atoms with van der Waals surface area (Å²) < 4.78 is 14.6. The molecule has 0 spiro atoms. The van der Waals surface area contributed by atoms with E-state index in [9.17, 15) is 4.79 Å². The van der Waals surface area contributed by atoms with E-state index < -0.39 is 8.32 Å². The summed E-state index contributed by atoms with van der Waals surface area (Å²) in [5, 5.41) is 0. The second-order valence-electron chi connectivity index (χ2n) is 11.8. The summed E-state index contributed by atoms with van der Waals surface area (Å²) in [5.41, 5.74) is 11.0. The summed E-state index contributed by atoms with van der Waals surface area (Å²) >= 11 is 0. The van der Waals surface area contributed by atoms with E-state index in [4.69, 9.17) is 19.9 Å². The van der Waals surface area contributed by atoms with Crippen molar-refractivity contribution in [3.05, 3.63) is 18.2 Å². The molecule has 0 unspecified atom stereocenters. The molecular weight excluding hydrogens is 468 g/mol. The Morgan fingerprint density at radius 1 is 1.08 bits per heavy atom. The van der Waals surface area contributed by atoms with Crippen LogP contribution in [0.5, 0.6) is 0 Å². The maximum absolute atomic E-state index is 12.4. The Kier molecular flexibility index (Phi) is 8.17. The summed E-state index contributed by atoms with van der Waals surface area (Å²) in [6.45, 7) is 16.1. The molecule has 8 heteroatoms. The lowest BCUT2D eigenvalue weighted by Gasteiger charge is -2.44. The monoisotopic (exact) mass is 514 g/mol. The topological polar surface area (TPSA) is 82.6 Å². The number of ether oxygens (including phenoxy) is 1. The van der Waals surface area contributed by atoms with Crippen LogP contribution in [-0.2, 0) is 19.5 Å². The third-order valence-electron chi connectivity index (χ3n) is 8.85. The fraction of sp³-hybridized carbons (Fsp3) is 0.714. The zero-order valence-electron chi connectivity index (χ0n) is 23.2. The lowest BCUT2D eigenvalue weighted by molar-refractivity contribution is -0.125. The van der Waals surface area contributed by atoms with Gasteiger partial charge in [0.2, 0.25) is 5.95 Å². The van der Waals surface area contributed by atoms with E-state index in [2.05, 4.69) is 52.2 Å². The predicted octanol–water partition coefficient (Wildman–Crippen LogP) is 6.22. The molecule has 1 aromatic carbocycles. The van der Waals surface area contributed by atoms with Crippen molar-refractivity contribution >= 4 is 36.9 Å². The van der Waals surface area contributed by atoms with Crippen molar-refractivity contribution in [3.8, 4) is 0 Å². The van der Waals surface area contributed by atoms with Crippen molar-refractivity contribution in [2.75, 3.05) is 37.0 Å². The van der Waals surface area contributed by atoms with E-state index in [1.807, 2.05) is 12.1 Å². The van der Waals surface area contributed by atoms with Crippen LogP contribution in [0.2, 0.25) is 16.6 Å². The number of nitrogens with two attached hydrogens (primary N) is 1. The van der Waals surface area contributed by atoms with Crippen LogP contribution in [-0.4, -0.2) is 50.1 Å². The van der Waals surface area contributed by atoms with E-state index in [0.717, 1.165) is 42.6 Å². The van der Waals surface area contributed by atoms with E-state index in [-0.39, 0.29) is 18.1 Å². The molecular formula is C28H46N4O3Si. The van der Waals surface area contributed by atoms with Crippen LogP contribution in [0, 0.1) is 0 Å². The Bertz CT molecular complexity index is 1040. The highest BCUT2D eigenvalue weighted by Gasteiger charge is 2.46. The smallest absolute Gasteiger partial charge is 0.253 e. The number of carbonyl (C=O) groups excluding carboxylic acids is 1. The van der Waals surface area contributed by atoms with Gasteiger partial charge in [0.25, 0.3) is 5.91 Å². The van der Waals surface area contributed by atoms with Crippen molar-refractivity contribution in [1.82, 2.24) is 9.55 Å². The standard InChI is InChI=1S/C28H46N4O3Si/c1-20(2)36(21(3)4,22(5)6)35-16-14-28(12-8-7-9-13-28)32-25-11-10-23(18-24(25)30-27(32)29)31-15-17-34-19-26(31)33/h10-11,18,20-22H,7-9,12-17,19H2,1-6H3,(H2,29,30). The van der Waals surface area contributed by atoms with E-state index in [0.29, 0.717) is 35.7 Å². The third-order valence-corrected chi connectivity index (χ3v) is 15.0. The van der Waals surface area contributed by atoms with Gasteiger partial charge in [-0.1, -0.05) is 60.8 Å². The van der Waals surface area contributed by atoms with E-state index >= 15 is 0 Å². The minimum atomic E-state index is -1.93. The molecule has 0 bridgehead atoms. The second-order valence-corrected chi connectivity index (χ2v) is 17.2. The molecule has 0 radical (unpaired) electrons. The molecule has 2 fully saturated rings. The summed E-state index contributed by atoms with van der Waals surface area (Å²) in [6.07, 6.45) is 6.79. The molecule has 1 amide bonds. The first-order valence-electron chi connectivity index (χ1n) is 13.9. The average Bonchev–Trinajstić information content (AvgIpc) is 3.17. The number of amides is 1. The first-order valence-corrected chi connectivity index (χ1v) is 16.1. The highest BCUT2D eigenvalue weighted by atomic mass is 28.4. The van der Waals surface area contributed by atoms with Crippen LogP contribution < -0.4 is 10.6 Å². The number of hydrogen-bond donors (Lipinski definition) is 1. The summed E-state index contributed by atoms with van der Waals surface area (Å²) in [4.78, 5) is 19.0. The molecule has 2 aromatic rings. The van der Waals surface area contributed by atoms with Crippen molar-refractivity contribution in [1.29, 1.82) is 0 Å². The zero-order chi connectivity index (χ0) is 26.1. The van der Waals surface area contributed by atoms with E-state index in [1.165, 1.54) is 19.3 Å². The molecule has 4 rings (SSSR count). The molecule has 1 saturated heterocycles. The van der Waals surface area contributed by atoms with Crippen LogP contribution in [0.3, 0.4) is 0 Å². The van der Waals surface area contributed by atoms with Gasteiger partial charge in [0, 0.05) is 18.8 Å². The second kappa shape index (κ2) is 10.8. The first kappa shape index (κ1) is 27.1. The molecule has 7 nitrogen and oxygen atoms in total. The molecule has 0 atom stereocenters. The number of nitrogen functional groups attached to an aromatic ring is 1. The molecule has 2 heterocycles. The lowest BCUT2D eigenvalue weighted by Crippen LogP contribution is -2.49. The number of aromatic nitrogens is 2. The maximum atomic E-state index is 12.4. The molecule has 2 N–H and O–H groups in total. The van der Waals surface area contributed by atoms with Gasteiger partial charge in [0.15, 0.2) is 8.32 Å². The SMILES string of the molecule is CC(C)[Si](OCCC1(n2c(N)nc3cc(N4CCOCC4=O)ccc32)CCCCC1)(C(C)C)C(C)C. The van der Waals surface area contributed by atoms with Crippen LogP contribution >= 0.6 is 0 Å². The first-order chi connectivity index (χ1) is 17.1. The number of benzene rings is 1. The Balaban J connectivity index is 1.65. The fourth-order valence-corrected chi connectivity index (χ4v) is 12.7. The minimum Gasteiger partial charge on any atom is -0.416 e. The highest BCUT2D eigenvalue weighted by Crippen LogP contribution is 2.45. The normalized spacial score (nSPS) is 19.2. The van der Waals surface area contributed by atoms with Gasteiger partial charge in [-0.15, -0.1) is 0 Å². The molecule has 1 saturated carbocycles. The largest absolute Gasteiger partial charge is 0.416 e. The maximum Gasteiger partial charge on any atom is 0.253 e. The molecule has 1 aliphatic heterocycles. The Morgan fingerprint density at radius 2 is 1.75 bits per heavy atom. The highest BCUT2D eigenvalue weighted by molar-refractivity contribution is 6.77.